The van der Waals surface area contributed by atoms with E-state index >= 15 is 0 Å². The molecule has 0 aromatic heterocycles. The molecule has 0 amide bonds. The molecule has 56 valence electrons. The number of carbonyl (C=O) groups is 1. The van der Waals surface area contributed by atoms with E-state index < -0.39 is 24.7 Å². The van der Waals surface area contributed by atoms with E-state index in [0.29, 0.717) is 0 Å². The summed E-state index contributed by atoms with van der Waals surface area (Å²) >= 11 is 0. The van der Waals surface area contributed by atoms with Gasteiger partial charge in [0.25, 0.3) is 0 Å². The van der Waals surface area contributed by atoms with Gasteiger partial charge in [-0.15, -0.1) is 0 Å². The van der Waals surface area contributed by atoms with E-state index in [1.165, 1.54) is 0 Å². The third kappa shape index (κ3) is 4.21. The van der Waals surface area contributed by atoms with Crippen LogP contribution in [0.15, 0.2) is 0 Å². The minimum atomic E-state index is -1.39. The molecule has 0 spiro atoms. The second-order valence-electron chi connectivity index (χ2n) is 1.61. The first kappa shape index (κ1) is 13.0. The SMILES string of the molecule is N[C@H](C(=O)O)[C@H](O)CO.[NaH]. The van der Waals surface area contributed by atoms with Gasteiger partial charge in [-0.2, -0.15) is 0 Å². The Morgan fingerprint density at radius 3 is 2.10 bits per heavy atom. The van der Waals surface area contributed by atoms with Crippen molar-refractivity contribution in [2.75, 3.05) is 6.61 Å². The Bertz CT molecular complexity index is 109. The van der Waals surface area contributed by atoms with Crippen LogP contribution in [-0.2, 0) is 4.79 Å². The number of carboxylic acids is 1. The van der Waals surface area contributed by atoms with Gasteiger partial charge in [-0.05, 0) is 0 Å². The summed E-state index contributed by atoms with van der Waals surface area (Å²) in [5.41, 5.74) is 4.86. The monoisotopic (exact) mass is 159 g/mol. The molecule has 0 aliphatic heterocycles. The number of hydrogen-bond acceptors (Lipinski definition) is 4. The molecule has 0 aliphatic carbocycles. The maximum atomic E-state index is 9.90. The van der Waals surface area contributed by atoms with Crippen molar-refractivity contribution in [3.63, 3.8) is 0 Å². The van der Waals surface area contributed by atoms with Crippen LogP contribution in [0.25, 0.3) is 0 Å². The van der Waals surface area contributed by atoms with Crippen LogP contribution < -0.4 is 5.73 Å². The normalized spacial score (nSPS) is 15.1. The summed E-state index contributed by atoms with van der Waals surface area (Å²) in [7, 11) is 0. The number of aliphatic carboxylic acids is 1. The fourth-order valence-electron chi connectivity index (χ4n) is 0.278. The third-order valence-electron chi connectivity index (χ3n) is 0.887. The van der Waals surface area contributed by atoms with Crippen molar-refractivity contribution < 1.29 is 20.1 Å². The molecule has 0 aromatic rings. The Morgan fingerprint density at radius 1 is 1.60 bits per heavy atom. The molecule has 6 heteroatoms. The molecule has 0 rings (SSSR count). The Balaban J connectivity index is 0. The van der Waals surface area contributed by atoms with Crippen LogP contribution >= 0.6 is 0 Å². The number of nitrogens with two attached hydrogens (primary N) is 1. The number of aliphatic hydroxyl groups is 2. The van der Waals surface area contributed by atoms with Gasteiger partial charge in [-0.1, -0.05) is 0 Å². The summed E-state index contributed by atoms with van der Waals surface area (Å²) in [6.45, 7) is -0.631. The van der Waals surface area contributed by atoms with Gasteiger partial charge in [-0.25, -0.2) is 0 Å². The first-order chi connectivity index (χ1) is 4.09. The molecule has 10 heavy (non-hydrogen) atoms. The summed E-state index contributed by atoms with van der Waals surface area (Å²) in [5, 5.41) is 24.8. The fraction of sp³-hybridized carbons (Fsp3) is 0.750. The topological polar surface area (TPSA) is 104 Å². The van der Waals surface area contributed by atoms with Crippen molar-refractivity contribution >= 4 is 35.5 Å². The van der Waals surface area contributed by atoms with Crippen molar-refractivity contribution in [1.82, 2.24) is 0 Å². The van der Waals surface area contributed by atoms with Gasteiger partial charge in [0.2, 0.25) is 0 Å². The van der Waals surface area contributed by atoms with Gasteiger partial charge in [-0.3, -0.25) is 4.79 Å². The molecule has 0 bridgehead atoms. The summed E-state index contributed by atoms with van der Waals surface area (Å²) in [4.78, 5) is 9.90. The molecule has 5 nitrogen and oxygen atoms in total. The molecular weight excluding hydrogens is 149 g/mol. The summed E-state index contributed by atoms with van der Waals surface area (Å²) < 4.78 is 0. The first-order valence-corrected chi connectivity index (χ1v) is 2.37. The van der Waals surface area contributed by atoms with Crippen LogP contribution in [-0.4, -0.2) is 69.6 Å². The zero-order chi connectivity index (χ0) is 7.44. The molecule has 0 heterocycles. The van der Waals surface area contributed by atoms with E-state index in [0.717, 1.165) is 0 Å². The third-order valence-corrected chi connectivity index (χ3v) is 0.887. The van der Waals surface area contributed by atoms with E-state index in [9.17, 15) is 4.79 Å². The molecule has 5 N–H and O–H groups in total. The summed E-state index contributed by atoms with van der Waals surface area (Å²) in [5.74, 6) is -1.32. The molecular formula is C4H10NNaO4. The predicted molar refractivity (Wildman–Crippen MR) is 35.9 cm³/mol. The first-order valence-electron chi connectivity index (χ1n) is 2.37. The molecule has 0 fully saturated rings. The van der Waals surface area contributed by atoms with Crippen molar-refractivity contribution in [3.05, 3.63) is 0 Å². The van der Waals surface area contributed by atoms with Crippen LogP contribution in [0.1, 0.15) is 0 Å². The zero-order valence-corrected chi connectivity index (χ0v) is 4.69. The number of aliphatic hydroxyl groups excluding tert-OH is 2. The van der Waals surface area contributed by atoms with E-state index in [-0.39, 0.29) is 29.6 Å². The Morgan fingerprint density at radius 2 is 2.00 bits per heavy atom. The molecule has 2 atom stereocenters. The Labute approximate surface area is 80.1 Å². The van der Waals surface area contributed by atoms with E-state index in [4.69, 9.17) is 21.1 Å². The maximum absolute atomic E-state index is 9.90. The van der Waals surface area contributed by atoms with E-state index in [2.05, 4.69) is 0 Å². The summed E-state index contributed by atoms with van der Waals surface area (Å²) in [6, 6.07) is -1.39. The van der Waals surface area contributed by atoms with Gasteiger partial charge < -0.3 is 21.1 Å². The Hall–Kier alpha value is 0.350. The standard InChI is InChI=1S/C4H9NO4.Na.H/c5-3(4(8)9)2(7)1-6;;/h2-3,6-7H,1,5H2,(H,8,9);;/t2-,3+;;/m1../s1. The molecule has 0 unspecified atom stereocenters. The van der Waals surface area contributed by atoms with Crippen LogP contribution in [0.4, 0.5) is 0 Å². The van der Waals surface area contributed by atoms with Gasteiger partial charge in [0, 0.05) is 0 Å². The summed E-state index contributed by atoms with van der Waals surface area (Å²) in [6.07, 6.45) is -1.37. The second-order valence-corrected chi connectivity index (χ2v) is 1.61. The van der Waals surface area contributed by atoms with Gasteiger partial charge in [0.05, 0.1) is 6.61 Å². The van der Waals surface area contributed by atoms with Gasteiger partial charge in [0.1, 0.15) is 12.1 Å². The molecule has 0 saturated heterocycles. The van der Waals surface area contributed by atoms with Crippen molar-refractivity contribution in [2.24, 2.45) is 5.73 Å². The van der Waals surface area contributed by atoms with Crippen molar-refractivity contribution in [1.29, 1.82) is 0 Å². The van der Waals surface area contributed by atoms with Crippen molar-refractivity contribution in [3.8, 4) is 0 Å². The van der Waals surface area contributed by atoms with Crippen molar-refractivity contribution in [2.45, 2.75) is 12.1 Å². The zero-order valence-electron chi connectivity index (χ0n) is 4.69. The van der Waals surface area contributed by atoms with Crippen LogP contribution in [0.5, 0.6) is 0 Å². The van der Waals surface area contributed by atoms with Gasteiger partial charge in [0.15, 0.2) is 0 Å². The predicted octanol–water partition coefficient (Wildman–Crippen LogP) is -2.90. The second kappa shape index (κ2) is 6.09. The number of hydrogen-bond donors (Lipinski definition) is 4. The number of rotatable bonds is 3. The minimum absolute atomic E-state index is 0. The molecule has 0 saturated carbocycles. The quantitative estimate of drug-likeness (QED) is 0.331. The van der Waals surface area contributed by atoms with Crippen LogP contribution in [0, 0.1) is 0 Å². The Kier molecular flexibility index (Phi) is 7.90. The van der Waals surface area contributed by atoms with Crippen LogP contribution in [0.2, 0.25) is 0 Å². The average molecular weight is 159 g/mol. The van der Waals surface area contributed by atoms with Crippen LogP contribution in [0.3, 0.4) is 0 Å². The van der Waals surface area contributed by atoms with Gasteiger partial charge >= 0.3 is 35.5 Å². The fourth-order valence-corrected chi connectivity index (χ4v) is 0.278. The van der Waals surface area contributed by atoms with E-state index in [1.54, 1.807) is 0 Å². The number of carboxylic acid groups (broad SMARTS) is 1. The molecule has 0 aromatic carbocycles. The average Bonchev–Trinajstić information content (AvgIpc) is 1.84. The molecule has 0 aliphatic rings. The molecule has 0 radical (unpaired) electrons. The van der Waals surface area contributed by atoms with E-state index in [1.807, 2.05) is 0 Å².